The molecule has 1 saturated heterocycles. The number of hydrogen-bond acceptors (Lipinski definition) is 1. The van der Waals surface area contributed by atoms with Gasteiger partial charge in [0.25, 0.3) is 0 Å². The second kappa shape index (κ2) is 6.50. The van der Waals surface area contributed by atoms with Gasteiger partial charge in [-0.2, -0.15) is 0 Å². The molecule has 1 saturated carbocycles. The number of nitrogens with zero attached hydrogens (tertiary/aromatic N) is 2. The topological polar surface area (TPSA) is 43.4 Å². The van der Waals surface area contributed by atoms with E-state index in [1.807, 2.05) is 7.05 Å². The number of aromatic nitrogens is 1. The first-order chi connectivity index (χ1) is 11.8. The number of aliphatic imine (C=N–C) groups is 1. The van der Waals surface area contributed by atoms with Crippen LogP contribution in [0.2, 0.25) is 0 Å². The van der Waals surface area contributed by atoms with Crippen LogP contribution in [-0.4, -0.2) is 42.5 Å². The molecule has 1 aromatic heterocycles. The summed E-state index contributed by atoms with van der Waals surface area (Å²) in [4.78, 5) is 10.3. The lowest BCUT2D eigenvalue weighted by Gasteiger charge is -2.38. The molecule has 2 fully saturated rings. The summed E-state index contributed by atoms with van der Waals surface area (Å²) in [5, 5.41) is 4.93. The maximum atomic E-state index is 4.50. The van der Waals surface area contributed by atoms with Crippen LogP contribution in [0.4, 0.5) is 0 Å². The summed E-state index contributed by atoms with van der Waals surface area (Å²) in [5.74, 6) is 1.10. The summed E-state index contributed by atoms with van der Waals surface area (Å²) in [6.07, 6.45) is 9.98. The van der Waals surface area contributed by atoms with Crippen molar-refractivity contribution in [3.05, 3.63) is 36.0 Å². The molecule has 0 bridgehead atoms. The Bertz CT molecular complexity index is 726. The monoisotopic (exact) mass is 324 g/mol. The molecule has 4 rings (SSSR count). The molecule has 2 aromatic rings. The van der Waals surface area contributed by atoms with Gasteiger partial charge in [0.05, 0.1) is 0 Å². The molecule has 2 N–H and O–H groups in total. The lowest BCUT2D eigenvalue weighted by Crippen LogP contribution is -2.42. The Labute approximate surface area is 144 Å². The fourth-order valence-corrected chi connectivity index (χ4v) is 4.35. The predicted molar refractivity (Wildman–Crippen MR) is 100 cm³/mol. The molecule has 4 nitrogen and oxygen atoms in total. The van der Waals surface area contributed by atoms with Crippen molar-refractivity contribution in [1.82, 2.24) is 15.2 Å². The number of rotatable bonds is 4. The maximum Gasteiger partial charge on any atom is 0.193 e. The number of nitrogens with one attached hydrogen (secondary N) is 2. The van der Waals surface area contributed by atoms with Crippen molar-refractivity contribution in [3.63, 3.8) is 0 Å². The SMILES string of the molecule is CN=C(NCCCc1c[nH]c2ccccc12)N1CCC2(CCC2)C1. The predicted octanol–water partition coefficient (Wildman–Crippen LogP) is 3.55. The number of benzene rings is 1. The van der Waals surface area contributed by atoms with Gasteiger partial charge in [0.1, 0.15) is 0 Å². The maximum absolute atomic E-state index is 4.50. The van der Waals surface area contributed by atoms with Crippen molar-refractivity contribution in [2.45, 2.75) is 38.5 Å². The number of likely N-dealkylation sites (tertiary alicyclic amines) is 1. The molecule has 0 amide bonds. The van der Waals surface area contributed by atoms with Crippen LogP contribution in [0.1, 0.15) is 37.7 Å². The number of para-hydroxylation sites is 1. The minimum atomic E-state index is 0.627. The van der Waals surface area contributed by atoms with Gasteiger partial charge in [-0.15, -0.1) is 0 Å². The number of guanidine groups is 1. The molecule has 1 aliphatic carbocycles. The fourth-order valence-electron chi connectivity index (χ4n) is 4.35. The molecule has 0 radical (unpaired) electrons. The molecule has 2 aliphatic rings. The molecule has 128 valence electrons. The van der Waals surface area contributed by atoms with Crippen molar-refractivity contribution < 1.29 is 0 Å². The van der Waals surface area contributed by atoms with E-state index in [9.17, 15) is 0 Å². The molecule has 0 atom stereocenters. The van der Waals surface area contributed by atoms with Gasteiger partial charge >= 0.3 is 0 Å². The highest BCUT2D eigenvalue weighted by atomic mass is 15.3. The molecule has 1 aromatic carbocycles. The Morgan fingerprint density at radius 2 is 2.17 bits per heavy atom. The average molecular weight is 324 g/mol. The van der Waals surface area contributed by atoms with Crippen molar-refractivity contribution in [2.75, 3.05) is 26.7 Å². The van der Waals surface area contributed by atoms with Crippen LogP contribution in [0.3, 0.4) is 0 Å². The second-order valence-corrected chi connectivity index (χ2v) is 7.46. The number of hydrogen-bond donors (Lipinski definition) is 2. The third-order valence-corrected chi connectivity index (χ3v) is 5.94. The highest BCUT2D eigenvalue weighted by Crippen LogP contribution is 2.47. The molecular weight excluding hydrogens is 296 g/mol. The zero-order valence-corrected chi connectivity index (χ0v) is 14.6. The van der Waals surface area contributed by atoms with E-state index in [-0.39, 0.29) is 0 Å². The van der Waals surface area contributed by atoms with Crippen molar-refractivity contribution >= 4 is 16.9 Å². The van der Waals surface area contributed by atoms with Gasteiger partial charge < -0.3 is 15.2 Å². The normalized spacial score (nSPS) is 19.9. The van der Waals surface area contributed by atoms with E-state index in [1.165, 1.54) is 55.2 Å². The molecule has 1 aliphatic heterocycles. The molecule has 24 heavy (non-hydrogen) atoms. The summed E-state index contributed by atoms with van der Waals surface area (Å²) in [7, 11) is 1.91. The minimum absolute atomic E-state index is 0.627. The van der Waals surface area contributed by atoms with Gasteiger partial charge in [0.2, 0.25) is 0 Å². The van der Waals surface area contributed by atoms with Gasteiger partial charge in [-0.05, 0) is 49.1 Å². The Morgan fingerprint density at radius 1 is 1.29 bits per heavy atom. The Balaban J connectivity index is 1.27. The minimum Gasteiger partial charge on any atom is -0.361 e. The number of aryl methyl sites for hydroxylation is 1. The summed E-state index contributed by atoms with van der Waals surface area (Å²) >= 11 is 0. The molecule has 0 unspecified atom stereocenters. The van der Waals surface area contributed by atoms with Gasteiger partial charge in [-0.25, -0.2) is 0 Å². The van der Waals surface area contributed by atoms with Crippen LogP contribution in [0.25, 0.3) is 10.9 Å². The van der Waals surface area contributed by atoms with E-state index in [0.717, 1.165) is 25.3 Å². The van der Waals surface area contributed by atoms with Crippen LogP contribution in [0.15, 0.2) is 35.5 Å². The van der Waals surface area contributed by atoms with Crippen molar-refractivity contribution in [1.29, 1.82) is 0 Å². The van der Waals surface area contributed by atoms with Crippen LogP contribution >= 0.6 is 0 Å². The average Bonchev–Trinajstić information content (AvgIpc) is 3.20. The van der Waals surface area contributed by atoms with E-state index >= 15 is 0 Å². The highest BCUT2D eigenvalue weighted by Gasteiger charge is 2.43. The number of aromatic amines is 1. The first-order valence-corrected chi connectivity index (χ1v) is 9.30. The standard InChI is InChI=1S/C20H28N4/c1-21-19(24-13-11-20(15-24)9-5-10-20)22-12-4-6-16-14-23-18-8-3-2-7-17(16)18/h2-3,7-8,14,23H,4-6,9-13,15H2,1H3,(H,21,22). The van der Waals surface area contributed by atoms with E-state index < -0.39 is 0 Å². The van der Waals surface area contributed by atoms with Crippen LogP contribution in [0, 0.1) is 5.41 Å². The molecule has 4 heteroatoms. The fraction of sp³-hybridized carbons (Fsp3) is 0.550. The van der Waals surface area contributed by atoms with Crippen LogP contribution < -0.4 is 5.32 Å². The summed E-state index contributed by atoms with van der Waals surface area (Å²) in [6.45, 7) is 3.35. The second-order valence-electron chi connectivity index (χ2n) is 7.46. The summed E-state index contributed by atoms with van der Waals surface area (Å²) in [5.41, 5.74) is 3.28. The van der Waals surface area contributed by atoms with E-state index in [2.05, 4.69) is 50.7 Å². The highest BCUT2D eigenvalue weighted by molar-refractivity contribution is 5.83. The first-order valence-electron chi connectivity index (χ1n) is 9.30. The van der Waals surface area contributed by atoms with Gasteiger partial charge in [-0.1, -0.05) is 24.6 Å². The van der Waals surface area contributed by atoms with Crippen molar-refractivity contribution in [2.24, 2.45) is 10.4 Å². The van der Waals surface area contributed by atoms with E-state index in [1.54, 1.807) is 0 Å². The summed E-state index contributed by atoms with van der Waals surface area (Å²) in [6, 6.07) is 8.54. The molecular formula is C20H28N4. The van der Waals surface area contributed by atoms with Crippen LogP contribution in [-0.2, 0) is 6.42 Å². The van der Waals surface area contributed by atoms with Gasteiger partial charge in [-0.3, -0.25) is 4.99 Å². The third-order valence-electron chi connectivity index (χ3n) is 5.94. The Hall–Kier alpha value is -1.97. The Kier molecular flexibility index (Phi) is 4.21. The van der Waals surface area contributed by atoms with Gasteiger partial charge in [0.15, 0.2) is 5.96 Å². The number of H-pyrrole nitrogens is 1. The first kappa shape index (κ1) is 15.6. The zero-order chi connectivity index (χ0) is 16.4. The van der Waals surface area contributed by atoms with Gasteiger partial charge in [0, 0.05) is 43.8 Å². The van der Waals surface area contributed by atoms with Crippen molar-refractivity contribution in [3.8, 4) is 0 Å². The van der Waals surface area contributed by atoms with E-state index in [0.29, 0.717) is 5.41 Å². The number of fused-ring (bicyclic) bond motifs is 1. The largest absolute Gasteiger partial charge is 0.361 e. The lowest BCUT2D eigenvalue weighted by molar-refractivity contribution is 0.151. The van der Waals surface area contributed by atoms with Crippen LogP contribution in [0.5, 0.6) is 0 Å². The molecule has 1 spiro atoms. The third kappa shape index (κ3) is 2.90. The van der Waals surface area contributed by atoms with E-state index in [4.69, 9.17) is 0 Å². The summed E-state index contributed by atoms with van der Waals surface area (Å²) < 4.78 is 0. The molecule has 2 heterocycles. The Morgan fingerprint density at radius 3 is 2.92 bits per heavy atom. The zero-order valence-electron chi connectivity index (χ0n) is 14.6. The quantitative estimate of drug-likeness (QED) is 0.513. The smallest absolute Gasteiger partial charge is 0.193 e. The lowest BCUT2D eigenvalue weighted by atomic mass is 9.68.